The Morgan fingerprint density at radius 3 is 1.56 bits per heavy atom. The van der Waals surface area contributed by atoms with Gasteiger partial charge in [-0.05, 0) is 71.1 Å². The Hall–Kier alpha value is -7.04. The molecule has 0 aliphatic heterocycles. The maximum atomic E-state index is 5.34. The number of fused-ring (bicyclic) bond motifs is 9. The number of rotatable bonds is 4. The normalized spacial score (nSPS) is 11.8. The van der Waals surface area contributed by atoms with Crippen LogP contribution in [0.3, 0.4) is 0 Å². The van der Waals surface area contributed by atoms with Crippen LogP contribution < -0.4 is 0 Å². The second-order valence-corrected chi connectivity index (χ2v) is 13.4. The van der Waals surface area contributed by atoms with Gasteiger partial charge in [0.1, 0.15) is 5.82 Å². The van der Waals surface area contributed by atoms with Crippen molar-refractivity contribution in [3.63, 3.8) is 0 Å². The largest absolute Gasteiger partial charge is 0.309 e. The third-order valence-corrected chi connectivity index (χ3v) is 10.5. The van der Waals surface area contributed by atoms with Gasteiger partial charge in [-0.2, -0.15) is 0 Å². The lowest BCUT2D eigenvalue weighted by Crippen LogP contribution is -2.03. The van der Waals surface area contributed by atoms with Crippen LogP contribution in [0.25, 0.3) is 99.3 Å². The van der Waals surface area contributed by atoms with E-state index in [1.807, 2.05) is 18.2 Å². The van der Waals surface area contributed by atoms with E-state index in [0.717, 1.165) is 49.8 Å². The predicted octanol–water partition coefficient (Wildman–Crippen LogP) is 12.3. The lowest BCUT2D eigenvalue weighted by molar-refractivity contribution is 1.08. The van der Waals surface area contributed by atoms with Gasteiger partial charge < -0.3 is 4.57 Å². The lowest BCUT2D eigenvalue weighted by atomic mass is 10.0. The van der Waals surface area contributed by atoms with Gasteiger partial charge in [0.2, 0.25) is 0 Å². The molecule has 0 saturated carbocycles. The number of benzene rings is 8. The molecule has 0 N–H and O–H groups in total. The second kappa shape index (κ2) is 11.2. The first kappa shape index (κ1) is 28.8. The Balaban J connectivity index is 1.15. The Kier molecular flexibility index (Phi) is 6.22. The number of aromatic nitrogens is 4. The Bertz CT molecular complexity index is 3170. The highest BCUT2D eigenvalue weighted by Crippen LogP contribution is 2.40. The van der Waals surface area contributed by atoms with Gasteiger partial charge in [0.25, 0.3) is 0 Å². The summed E-state index contributed by atoms with van der Waals surface area (Å²) in [6, 6.07) is 64.9. The molecular weight excluding hydrogens is 633 g/mol. The molecule has 0 aliphatic rings. The summed E-state index contributed by atoms with van der Waals surface area (Å²) in [6.45, 7) is 0. The minimum absolute atomic E-state index is 0.713. The number of nitrogens with zero attached hydrogens (tertiary/aromatic N) is 4. The van der Waals surface area contributed by atoms with E-state index < -0.39 is 0 Å². The van der Waals surface area contributed by atoms with Crippen molar-refractivity contribution in [3.8, 4) is 34.0 Å². The zero-order chi connectivity index (χ0) is 34.2. The molecular formula is C48H30N4. The van der Waals surface area contributed by atoms with E-state index in [9.17, 15) is 0 Å². The fourth-order valence-electron chi connectivity index (χ4n) is 8.12. The van der Waals surface area contributed by atoms with Crippen molar-refractivity contribution in [2.24, 2.45) is 0 Å². The Morgan fingerprint density at radius 2 is 0.865 bits per heavy atom. The molecule has 0 amide bonds. The van der Waals surface area contributed by atoms with Crippen molar-refractivity contribution in [2.45, 2.75) is 0 Å². The highest BCUT2D eigenvalue weighted by Gasteiger charge is 2.20. The van der Waals surface area contributed by atoms with Gasteiger partial charge in [0, 0.05) is 43.6 Å². The van der Waals surface area contributed by atoms with E-state index >= 15 is 0 Å². The first-order valence-corrected chi connectivity index (χ1v) is 17.7. The third kappa shape index (κ3) is 4.28. The smallest absolute Gasteiger partial charge is 0.162 e. The van der Waals surface area contributed by atoms with Crippen molar-refractivity contribution in [1.82, 2.24) is 19.1 Å². The van der Waals surface area contributed by atoms with Gasteiger partial charge in [0.05, 0.1) is 27.6 Å². The van der Waals surface area contributed by atoms with Crippen LogP contribution >= 0.6 is 0 Å². The molecule has 11 rings (SSSR count). The molecule has 11 aromatic rings. The minimum Gasteiger partial charge on any atom is -0.309 e. The average Bonchev–Trinajstić information content (AvgIpc) is 3.73. The summed E-state index contributed by atoms with van der Waals surface area (Å²) in [5.74, 6) is 1.59. The highest BCUT2D eigenvalue weighted by atomic mass is 15.1. The maximum Gasteiger partial charge on any atom is 0.162 e. The molecule has 0 saturated heterocycles. The second-order valence-electron chi connectivity index (χ2n) is 13.4. The monoisotopic (exact) mass is 662 g/mol. The summed E-state index contributed by atoms with van der Waals surface area (Å²) in [5, 5.41) is 8.17. The van der Waals surface area contributed by atoms with Crippen molar-refractivity contribution < 1.29 is 0 Å². The van der Waals surface area contributed by atoms with Crippen molar-refractivity contribution >= 4 is 65.3 Å². The van der Waals surface area contributed by atoms with Gasteiger partial charge in [-0.3, -0.25) is 4.57 Å². The topological polar surface area (TPSA) is 35.6 Å². The van der Waals surface area contributed by atoms with Gasteiger partial charge in [-0.25, -0.2) is 9.97 Å². The van der Waals surface area contributed by atoms with Crippen LogP contribution in [-0.4, -0.2) is 19.1 Å². The minimum atomic E-state index is 0.713. The van der Waals surface area contributed by atoms with E-state index in [1.165, 1.54) is 43.7 Å². The van der Waals surface area contributed by atoms with E-state index in [0.29, 0.717) is 5.82 Å². The van der Waals surface area contributed by atoms with Crippen LogP contribution in [0.15, 0.2) is 182 Å². The molecule has 8 aromatic carbocycles. The zero-order valence-corrected chi connectivity index (χ0v) is 28.1. The first-order valence-electron chi connectivity index (χ1n) is 17.7. The number of hydrogen-bond acceptors (Lipinski definition) is 2. The molecule has 3 aromatic heterocycles. The summed E-state index contributed by atoms with van der Waals surface area (Å²) in [4.78, 5) is 10.5. The molecule has 0 atom stereocenters. The van der Waals surface area contributed by atoms with Gasteiger partial charge in [-0.1, -0.05) is 127 Å². The Labute approximate surface area is 299 Å². The predicted molar refractivity (Wildman–Crippen MR) is 217 cm³/mol. The summed E-state index contributed by atoms with van der Waals surface area (Å²) < 4.78 is 4.70. The van der Waals surface area contributed by atoms with Gasteiger partial charge in [0.15, 0.2) is 5.82 Å². The average molecular weight is 663 g/mol. The van der Waals surface area contributed by atoms with E-state index in [4.69, 9.17) is 9.97 Å². The summed E-state index contributed by atoms with van der Waals surface area (Å²) in [6.07, 6.45) is 0. The molecule has 0 radical (unpaired) electrons. The molecule has 3 heterocycles. The standard InChI is InChI=1S/C48H30N4/c1-3-14-32(15-4-1)47-49-46-36-18-8-7-13-31(36)23-26-39(46)48(50-47)52-43-22-12-10-20-38(43)41-30-34(25-28-45(41)52)33-24-27-44-40(29-33)37-19-9-11-21-42(37)51(44)35-16-5-2-6-17-35/h1-30H. The number of hydrogen-bond donors (Lipinski definition) is 0. The molecule has 4 heteroatoms. The SMILES string of the molecule is c1ccc(-c2nc(-n3c4ccccc4c4cc(-c5ccc6c(c5)c5ccccc5n6-c5ccccc5)ccc43)c3ccc4ccccc4c3n2)cc1. The van der Waals surface area contributed by atoms with E-state index in [2.05, 4.69) is 173 Å². The van der Waals surface area contributed by atoms with Crippen LogP contribution in [0.1, 0.15) is 0 Å². The van der Waals surface area contributed by atoms with Crippen LogP contribution in [-0.2, 0) is 0 Å². The molecule has 0 spiro atoms. The van der Waals surface area contributed by atoms with Crippen LogP contribution in [0.5, 0.6) is 0 Å². The molecule has 0 aliphatic carbocycles. The molecule has 0 unspecified atom stereocenters. The molecule has 0 fully saturated rings. The van der Waals surface area contributed by atoms with E-state index in [1.54, 1.807) is 0 Å². The van der Waals surface area contributed by atoms with Crippen LogP contribution in [0.2, 0.25) is 0 Å². The first-order chi connectivity index (χ1) is 25.8. The van der Waals surface area contributed by atoms with Gasteiger partial charge >= 0.3 is 0 Å². The quantitative estimate of drug-likeness (QED) is 0.176. The van der Waals surface area contributed by atoms with Crippen LogP contribution in [0.4, 0.5) is 0 Å². The summed E-state index contributed by atoms with van der Waals surface area (Å²) in [7, 11) is 0. The molecule has 0 bridgehead atoms. The van der Waals surface area contributed by atoms with E-state index in [-0.39, 0.29) is 0 Å². The summed E-state index contributed by atoms with van der Waals surface area (Å²) in [5.41, 5.74) is 10.1. The highest BCUT2D eigenvalue weighted by molar-refractivity contribution is 6.14. The molecule has 4 nitrogen and oxygen atoms in total. The number of para-hydroxylation sites is 3. The third-order valence-electron chi connectivity index (χ3n) is 10.5. The fraction of sp³-hybridized carbons (Fsp3) is 0. The van der Waals surface area contributed by atoms with Gasteiger partial charge in [-0.15, -0.1) is 0 Å². The molecule has 242 valence electrons. The lowest BCUT2D eigenvalue weighted by Gasteiger charge is -2.14. The maximum absolute atomic E-state index is 5.34. The fourth-order valence-corrected chi connectivity index (χ4v) is 8.12. The Morgan fingerprint density at radius 1 is 0.327 bits per heavy atom. The van der Waals surface area contributed by atoms with Crippen molar-refractivity contribution in [2.75, 3.05) is 0 Å². The van der Waals surface area contributed by atoms with Crippen LogP contribution in [0, 0.1) is 0 Å². The summed E-state index contributed by atoms with van der Waals surface area (Å²) >= 11 is 0. The molecule has 52 heavy (non-hydrogen) atoms. The van der Waals surface area contributed by atoms with Crippen molar-refractivity contribution in [1.29, 1.82) is 0 Å². The van der Waals surface area contributed by atoms with Crippen molar-refractivity contribution in [3.05, 3.63) is 182 Å². The zero-order valence-electron chi connectivity index (χ0n) is 28.1.